The predicted molar refractivity (Wildman–Crippen MR) is 277 cm³/mol. The Kier molecular flexibility index (Phi) is 7.02. The second kappa shape index (κ2) is 12.8. The van der Waals surface area contributed by atoms with Crippen molar-refractivity contribution < 1.29 is 0 Å². The fourth-order valence-corrected chi connectivity index (χ4v) is 13.7. The van der Waals surface area contributed by atoms with Crippen LogP contribution in [-0.4, -0.2) is 19.1 Å². The summed E-state index contributed by atoms with van der Waals surface area (Å²) in [5.74, 6) is 0.680. The molecular weight excluding hydrogens is 829 g/mol. The van der Waals surface area contributed by atoms with Crippen molar-refractivity contribution in [3.63, 3.8) is 0 Å². The van der Waals surface area contributed by atoms with Crippen molar-refractivity contribution in [2.45, 2.75) is 19.3 Å². The summed E-state index contributed by atoms with van der Waals surface area (Å²) >= 11 is 3.63. The maximum absolute atomic E-state index is 5.62. The normalized spacial score (nSPS) is 13.5. The minimum absolute atomic E-state index is 0.200. The lowest BCUT2D eigenvalue weighted by Crippen LogP contribution is -2.26. The Balaban J connectivity index is 0.958. The van der Waals surface area contributed by atoms with Gasteiger partial charge in [-0.2, -0.15) is 0 Å². The minimum atomic E-state index is -0.200. The first-order valence-corrected chi connectivity index (χ1v) is 23.9. The Morgan fingerprint density at radius 3 is 1.91 bits per heavy atom. The molecule has 14 aromatic rings. The number of hydrogen-bond acceptors (Lipinski definition) is 4. The SMILES string of the molecule is CC1(C)c2cc3c(-c4ccc5c(c4)c4ccccc4n5-c4nc(-c5cccc6c5sc5ccccc56)c5sc6ccccc6c5n4)cccc3cc2-n2c3ccccc3c3cccc1c32. The molecule has 0 amide bonds. The average molecular weight is 865 g/mol. The van der Waals surface area contributed by atoms with Crippen LogP contribution in [0.25, 0.3) is 129 Å². The van der Waals surface area contributed by atoms with Gasteiger partial charge in [0.15, 0.2) is 0 Å². The standard InChI is InChI=1S/C59H36N4S2/c1-59(2)45-23-13-20-39-36-15-3-7-24-47(36)62(55(39)45)50-31-33-14-11-19-35(43(33)32-46(50)59)34-28-29-49-44(30-34)37-16-4-8-25-48(37)63(49)58-60-53-41-18-6-10-27-52(41)65-57(53)54(61-58)42-22-12-21-40-38-17-5-9-26-51(38)64-56(40)42/h3-32H,1-2H3. The summed E-state index contributed by atoms with van der Waals surface area (Å²) in [6.07, 6.45) is 0. The van der Waals surface area contributed by atoms with Crippen molar-refractivity contribution in [3.8, 4) is 34.0 Å². The molecular formula is C59H36N4S2. The summed E-state index contributed by atoms with van der Waals surface area (Å²) in [7, 11) is 0. The van der Waals surface area contributed by atoms with E-state index in [4.69, 9.17) is 9.97 Å². The van der Waals surface area contributed by atoms with Gasteiger partial charge in [-0.3, -0.25) is 4.57 Å². The van der Waals surface area contributed by atoms with Crippen LogP contribution in [0.5, 0.6) is 0 Å². The molecule has 0 aliphatic carbocycles. The van der Waals surface area contributed by atoms with E-state index < -0.39 is 0 Å². The number of nitrogens with zero attached hydrogens (tertiary/aromatic N) is 4. The van der Waals surface area contributed by atoms with Crippen LogP contribution in [0.4, 0.5) is 0 Å². The molecule has 0 bridgehead atoms. The number of aromatic nitrogens is 4. The highest BCUT2D eigenvalue weighted by atomic mass is 32.1. The quantitative estimate of drug-likeness (QED) is 0.177. The molecule has 15 rings (SSSR count). The second-order valence-electron chi connectivity index (χ2n) is 18.1. The zero-order valence-corrected chi connectivity index (χ0v) is 37.1. The van der Waals surface area contributed by atoms with Crippen molar-refractivity contribution in [1.29, 1.82) is 0 Å². The molecule has 0 saturated carbocycles. The molecule has 0 unspecified atom stereocenters. The van der Waals surface area contributed by atoms with E-state index in [1.807, 2.05) is 11.3 Å². The summed E-state index contributed by atoms with van der Waals surface area (Å²) < 4.78 is 9.66. The molecule has 0 saturated heterocycles. The third kappa shape index (κ3) is 4.74. The second-order valence-corrected chi connectivity index (χ2v) is 20.2. The number of benzene rings is 9. The lowest BCUT2D eigenvalue weighted by atomic mass is 9.74. The van der Waals surface area contributed by atoms with E-state index >= 15 is 0 Å². The van der Waals surface area contributed by atoms with Crippen molar-refractivity contribution in [3.05, 3.63) is 193 Å². The molecule has 6 heterocycles. The summed E-state index contributed by atoms with van der Waals surface area (Å²) in [5, 5.41) is 11.2. The summed E-state index contributed by atoms with van der Waals surface area (Å²) in [6.45, 7) is 4.79. The molecule has 0 atom stereocenters. The highest BCUT2D eigenvalue weighted by Gasteiger charge is 2.35. The molecule has 65 heavy (non-hydrogen) atoms. The lowest BCUT2D eigenvalue weighted by molar-refractivity contribution is 0.631. The third-order valence-electron chi connectivity index (χ3n) is 14.3. The molecule has 1 aliphatic rings. The van der Waals surface area contributed by atoms with Crippen LogP contribution in [0.2, 0.25) is 0 Å². The highest BCUT2D eigenvalue weighted by molar-refractivity contribution is 7.27. The molecule has 0 fully saturated rings. The van der Waals surface area contributed by atoms with Crippen molar-refractivity contribution >= 4 is 118 Å². The Morgan fingerprint density at radius 2 is 1.06 bits per heavy atom. The first-order chi connectivity index (χ1) is 32.0. The molecule has 1 aliphatic heterocycles. The summed E-state index contributed by atoms with van der Waals surface area (Å²) in [6, 6.07) is 67.2. The van der Waals surface area contributed by atoms with E-state index in [9.17, 15) is 0 Å². The maximum atomic E-state index is 5.62. The highest BCUT2D eigenvalue weighted by Crippen LogP contribution is 2.50. The number of para-hydroxylation sites is 3. The number of rotatable bonds is 3. The molecule has 304 valence electrons. The van der Waals surface area contributed by atoms with E-state index in [1.165, 1.54) is 96.2 Å². The van der Waals surface area contributed by atoms with Crippen molar-refractivity contribution in [1.82, 2.24) is 19.1 Å². The molecule has 0 N–H and O–H groups in total. The Morgan fingerprint density at radius 1 is 0.431 bits per heavy atom. The monoisotopic (exact) mass is 864 g/mol. The van der Waals surface area contributed by atoms with Crippen LogP contribution in [0.1, 0.15) is 25.0 Å². The molecule has 4 nitrogen and oxygen atoms in total. The molecule has 0 radical (unpaired) electrons. The Hall–Kier alpha value is -7.64. The van der Waals surface area contributed by atoms with Gasteiger partial charge < -0.3 is 4.57 Å². The van der Waals surface area contributed by atoms with Gasteiger partial charge in [0, 0.05) is 62.8 Å². The number of thiophene rings is 2. The number of hydrogen-bond donors (Lipinski definition) is 0. The molecule has 6 heteroatoms. The van der Waals surface area contributed by atoms with Crippen LogP contribution in [0.15, 0.2) is 182 Å². The fraction of sp³-hybridized carbons (Fsp3) is 0.0508. The van der Waals surface area contributed by atoms with Crippen LogP contribution in [-0.2, 0) is 5.41 Å². The van der Waals surface area contributed by atoms with Gasteiger partial charge in [-0.15, -0.1) is 22.7 Å². The first-order valence-electron chi connectivity index (χ1n) is 22.2. The van der Waals surface area contributed by atoms with Gasteiger partial charge in [0.05, 0.1) is 43.7 Å². The molecule has 9 aromatic carbocycles. The smallest absolute Gasteiger partial charge is 0.235 e. The largest absolute Gasteiger partial charge is 0.309 e. The van der Waals surface area contributed by atoms with Gasteiger partial charge >= 0.3 is 0 Å². The van der Waals surface area contributed by atoms with Crippen molar-refractivity contribution in [2.75, 3.05) is 0 Å². The first kappa shape index (κ1) is 35.8. The number of fused-ring (bicyclic) bond motifs is 15. The van der Waals surface area contributed by atoms with Gasteiger partial charge in [0.1, 0.15) is 0 Å². The van der Waals surface area contributed by atoms with Gasteiger partial charge in [0.2, 0.25) is 5.95 Å². The van der Waals surface area contributed by atoms with Crippen LogP contribution in [0, 0.1) is 0 Å². The lowest BCUT2D eigenvalue weighted by Gasteiger charge is -2.35. The molecule has 5 aromatic heterocycles. The van der Waals surface area contributed by atoms with Crippen molar-refractivity contribution in [2.24, 2.45) is 0 Å². The maximum Gasteiger partial charge on any atom is 0.235 e. The minimum Gasteiger partial charge on any atom is -0.309 e. The van der Waals surface area contributed by atoms with Gasteiger partial charge in [-0.05, 0) is 81.6 Å². The van der Waals surface area contributed by atoms with Gasteiger partial charge in [0.25, 0.3) is 0 Å². The van der Waals surface area contributed by atoms with E-state index in [1.54, 1.807) is 11.3 Å². The van der Waals surface area contributed by atoms with E-state index in [0.717, 1.165) is 37.9 Å². The zero-order chi connectivity index (χ0) is 42.7. The topological polar surface area (TPSA) is 35.6 Å². The van der Waals surface area contributed by atoms with Gasteiger partial charge in [-0.1, -0.05) is 147 Å². The third-order valence-corrected chi connectivity index (χ3v) is 16.7. The Labute approximate surface area is 380 Å². The average Bonchev–Trinajstić information content (AvgIpc) is 4.10. The molecule has 0 spiro atoms. The summed E-state index contributed by atoms with van der Waals surface area (Å²) in [4.78, 5) is 11.1. The van der Waals surface area contributed by atoms with Crippen LogP contribution < -0.4 is 0 Å². The summed E-state index contributed by atoms with van der Waals surface area (Å²) in [5.41, 5.74) is 14.0. The fourth-order valence-electron chi connectivity index (χ4n) is 11.3. The van der Waals surface area contributed by atoms with E-state index in [0.29, 0.717) is 5.95 Å². The Bertz CT molecular complexity index is 4400. The van der Waals surface area contributed by atoms with E-state index in [-0.39, 0.29) is 5.41 Å². The van der Waals surface area contributed by atoms with Gasteiger partial charge in [-0.25, -0.2) is 9.97 Å². The van der Waals surface area contributed by atoms with E-state index in [2.05, 4.69) is 205 Å². The van der Waals surface area contributed by atoms with Crippen LogP contribution >= 0.6 is 22.7 Å². The zero-order valence-electron chi connectivity index (χ0n) is 35.4. The predicted octanol–water partition coefficient (Wildman–Crippen LogP) is 16.5. The van der Waals surface area contributed by atoms with Crippen LogP contribution in [0.3, 0.4) is 0 Å².